The minimum Gasteiger partial charge on any atom is -0.394 e. The second kappa shape index (κ2) is 6.43. The Labute approximate surface area is 91.3 Å². The largest absolute Gasteiger partial charge is 0.394 e. The van der Waals surface area contributed by atoms with Gasteiger partial charge in [0, 0.05) is 13.1 Å². The van der Waals surface area contributed by atoms with Gasteiger partial charge in [0.25, 0.3) is 0 Å². The maximum absolute atomic E-state index is 10.2. The molecule has 1 unspecified atom stereocenters. The number of rotatable bonds is 5. The zero-order valence-corrected chi connectivity index (χ0v) is 9.28. The molecule has 4 nitrogen and oxygen atoms in total. The Morgan fingerprint density at radius 3 is 2.27 bits per heavy atom. The molecule has 0 heterocycles. The van der Waals surface area contributed by atoms with E-state index in [1.165, 1.54) is 12.8 Å². The van der Waals surface area contributed by atoms with Crippen molar-refractivity contribution in [2.45, 2.75) is 50.2 Å². The molecule has 15 heavy (non-hydrogen) atoms. The van der Waals surface area contributed by atoms with E-state index in [2.05, 4.69) is 5.32 Å². The number of aliphatic hydroxyl groups excluding tert-OH is 2. The van der Waals surface area contributed by atoms with E-state index >= 15 is 0 Å². The predicted octanol–water partition coefficient (Wildman–Crippen LogP) is 0.0145. The molecule has 1 rings (SSSR count). The minimum absolute atomic E-state index is 0.231. The highest BCUT2D eigenvalue weighted by atomic mass is 16.3. The van der Waals surface area contributed by atoms with Crippen LogP contribution in [0, 0.1) is 0 Å². The first-order valence-electron chi connectivity index (χ1n) is 5.88. The van der Waals surface area contributed by atoms with Crippen molar-refractivity contribution >= 4 is 0 Å². The first-order valence-corrected chi connectivity index (χ1v) is 5.88. The predicted molar refractivity (Wildman–Crippen MR) is 58.6 cm³/mol. The maximum atomic E-state index is 10.2. The summed E-state index contributed by atoms with van der Waals surface area (Å²) in [7, 11) is 0. The summed E-state index contributed by atoms with van der Waals surface area (Å²) in [5.41, 5.74) is -0.605. The van der Waals surface area contributed by atoms with Crippen molar-refractivity contribution in [2.75, 3.05) is 19.7 Å². The molecule has 0 aromatic carbocycles. The Balaban J connectivity index is 2.22. The molecule has 90 valence electrons. The summed E-state index contributed by atoms with van der Waals surface area (Å²) in [5, 5.41) is 31.0. The molecule has 0 aliphatic heterocycles. The third kappa shape index (κ3) is 4.93. The van der Waals surface area contributed by atoms with Gasteiger partial charge in [-0.25, -0.2) is 0 Å². The average Bonchev–Trinajstić information content (AvgIpc) is 2.43. The number of hydrogen-bond donors (Lipinski definition) is 4. The zero-order chi connectivity index (χ0) is 11.1. The fourth-order valence-corrected chi connectivity index (χ4v) is 2.10. The molecule has 1 aliphatic carbocycles. The van der Waals surface area contributed by atoms with Crippen LogP contribution in [0.25, 0.3) is 0 Å². The second-order valence-corrected chi connectivity index (χ2v) is 4.61. The normalized spacial score (nSPS) is 23.4. The van der Waals surface area contributed by atoms with Gasteiger partial charge >= 0.3 is 0 Å². The van der Waals surface area contributed by atoms with Crippen molar-refractivity contribution in [1.82, 2.24) is 5.32 Å². The molecule has 0 aromatic heterocycles. The SMILES string of the molecule is OCC(O)CNCC1(O)CCCCCC1. The van der Waals surface area contributed by atoms with Gasteiger partial charge in [-0.05, 0) is 12.8 Å². The summed E-state index contributed by atoms with van der Waals surface area (Å²) in [6.45, 7) is 0.633. The third-order valence-corrected chi connectivity index (χ3v) is 3.08. The molecule has 0 radical (unpaired) electrons. The molecular formula is C11H23NO3. The fourth-order valence-electron chi connectivity index (χ4n) is 2.10. The van der Waals surface area contributed by atoms with Crippen LogP contribution in [0.2, 0.25) is 0 Å². The van der Waals surface area contributed by atoms with Crippen molar-refractivity contribution in [3.8, 4) is 0 Å². The van der Waals surface area contributed by atoms with Crippen molar-refractivity contribution < 1.29 is 15.3 Å². The van der Waals surface area contributed by atoms with Gasteiger partial charge in [0.15, 0.2) is 0 Å². The van der Waals surface area contributed by atoms with Crippen LogP contribution >= 0.6 is 0 Å². The number of hydrogen-bond acceptors (Lipinski definition) is 4. The molecule has 1 fully saturated rings. The lowest BCUT2D eigenvalue weighted by Crippen LogP contribution is -2.43. The molecule has 0 aromatic rings. The Kier molecular flexibility index (Phi) is 5.53. The lowest BCUT2D eigenvalue weighted by atomic mass is 9.94. The van der Waals surface area contributed by atoms with Crippen molar-refractivity contribution in [3.63, 3.8) is 0 Å². The first-order chi connectivity index (χ1) is 7.16. The van der Waals surface area contributed by atoms with E-state index < -0.39 is 11.7 Å². The summed E-state index contributed by atoms with van der Waals surface area (Å²) in [5.74, 6) is 0. The van der Waals surface area contributed by atoms with Crippen LogP contribution in [0.4, 0.5) is 0 Å². The smallest absolute Gasteiger partial charge is 0.0894 e. The lowest BCUT2D eigenvalue weighted by molar-refractivity contribution is 0.0197. The Bertz CT molecular complexity index is 167. The molecule has 0 spiro atoms. The standard InChI is InChI=1S/C11H23NO3/c13-8-10(14)7-12-9-11(15)5-3-1-2-4-6-11/h10,12-15H,1-9H2. The molecule has 4 heteroatoms. The van der Waals surface area contributed by atoms with Crippen LogP contribution in [-0.2, 0) is 0 Å². The number of nitrogens with one attached hydrogen (secondary N) is 1. The number of aliphatic hydroxyl groups is 3. The summed E-state index contributed by atoms with van der Waals surface area (Å²) in [4.78, 5) is 0. The zero-order valence-electron chi connectivity index (χ0n) is 9.28. The highest BCUT2D eigenvalue weighted by molar-refractivity contribution is 4.83. The molecule has 0 saturated heterocycles. The van der Waals surface area contributed by atoms with E-state index in [0.29, 0.717) is 13.1 Å². The Morgan fingerprint density at radius 2 is 1.73 bits per heavy atom. The minimum atomic E-state index is -0.723. The van der Waals surface area contributed by atoms with Gasteiger partial charge in [0.05, 0.1) is 18.3 Å². The van der Waals surface area contributed by atoms with Crippen LogP contribution in [-0.4, -0.2) is 46.7 Å². The molecule has 0 amide bonds. The van der Waals surface area contributed by atoms with Gasteiger partial charge in [0.1, 0.15) is 0 Å². The van der Waals surface area contributed by atoms with Crippen molar-refractivity contribution in [1.29, 1.82) is 0 Å². The van der Waals surface area contributed by atoms with E-state index in [1.54, 1.807) is 0 Å². The van der Waals surface area contributed by atoms with E-state index in [9.17, 15) is 5.11 Å². The maximum Gasteiger partial charge on any atom is 0.0894 e. The first kappa shape index (κ1) is 12.9. The lowest BCUT2D eigenvalue weighted by Gasteiger charge is -2.27. The highest BCUT2D eigenvalue weighted by Crippen LogP contribution is 2.26. The molecular weight excluding hydrogens is 194 g/mol. The van der Waals surface area contributed by atoms with Crippen LogP contribution in [0.1, 0.15) is 38.5 Å². The van der Waals surface area contributed by atoms with Gasteiger partial charge in [0.2, 0.25) is 0 Å². The Hall–Kier alpha value is -0.160. The Morgan fingerprint density at radius 1 is 1.13 bits per heavy atom. The summed E-state index contributed by atoms with van der Waals surface area (Å²) in [6, 6.07) is 0. The van der Waals surface area contributed by atoms with E-state index in [1.807, 2.05) is 0 Å². The highest BCUT2D eigenvalue weighted by Gasteiger charge is 2.27. The van der Waals surface area contributed by atoms with E-state index in [-0.39, 0.29) is 6.61 Å². The molecule has 1 atom stereocenters. The van der Waals surface area contributed by atoms with Gasteiger partial charge < -0.3 is 20.6 Å². The molecule has 0 bridgehead atoms. The van der Waals surface area contributed by atoms with E-state index in [4.69, 9.17) is 10.2 Å². The van der Waals surface area contributed by atoms with Crippen molar-refractivity contribution in [2.24, 2.45) is 0 Å². The summed E-state index contributed by atoms with van der Waals surface area (Å²) in [6.07, 6.45) is 5.55. The quantitative estimate of drug-likeness (QED) is 0.490. The summed E-state index contributed by atoms with van der Waals surface area (Å²) >= 11 is 0. The van der Waals surface area contributed by atoms with Crippen molar-refractivity contribution in [3.05, 3.63) is 0 Å². The molecule has 1 aliphatic rings. The van der Waals surface area contributed by atoms with Crippen LogP contribution in [0.15, 0.2) is 0 Å². The second-order valence-electron chi connectivity index (χ2n) is 4.61. The van der Waals surface area contributed by atoms with Crippen LogP contribution in [0.3, 0.4) is 0 Å². The third-order valence-electron chi connectivity index (χ3n) is 3.08. The van der Waals surface area contributed by atoms with E-state index in [0.717, 1.165) is 25.7 Å². The van der Waals surface area contributed by atoms with Crippen LogP contribution < -0.4 is 5.32 Å². The average molecular weight is 217 g/mol. The monoisotopic (exact) mass is 217 g/mol. The van der Waals surface area contributed by atoms with Gasteiger partial charge in [-0.1, -0.05) is 25.7 Å². The van der Waals surface area contributed by atoms with Gasteiger partial charge in [-0.15, -0.1) is 0 Å². The topological polar surface area (TPSA) is 72.7 Å². The van der Waals surface area contributed by atoms with Crippen LogP contribution in [0.5, 0.6) is 0 Å². The fraction of sp³-hybridized carbons (Fsp3) is 1.00. The van der Waals surface area contributed by atoms with Gasteiger partial charge in [-0.2, -0.15) is 0 Å². The molecule has 4 N–H and O–H groups in total. The van der Waals surface area contributed by atoms with Gasteiger partial charge in [-0.3, -0.25) is 0 Å². The molecule has 1 saturated carbocycles. The summed E-state index contributed by atoms with van der Waals surface area (Å²) < 4.78 is 0.